The standard InChI is InChI=1S/C23H26N2O3/c1-15-22(23(26)25-18-9-7-17(24)8-10-18)20-13-19(11-12-21(20)28-15)27-14-16-5-3-2-4-6-16/h2-6,11-13,17-18H,7-10,14,24H2,1H3,(H,25,26). The first-order valence-corrected chi connectivity index (χ1v) is 9.86. The predicted octanol–water partition coefficient (Wildman–Crippen LogP) is 4.32. The molecule has 0 saturated heterocycles. The predicted molar refractivity (Wildman–Crippen MR) is 109 cm³/mol. The van der Waals surface area contributed by atoms with Crippen LogP contribution in [0, 0.1) is 6.92 Å². The molecule has 0 aliphatic heterocycles. The quantitative estimate of drug-likeness (QED) is 0.693. The van der Waals surface area contributed by atoms with Crippen LogP contribution in [0.25, 0.3) is 11.0 Å². The van der Waals surface area contributed by atoms with Crippen LogP contribution in [-0.4, -0.2) is 18.0 Å². The van der Waals surface area contributed by atoms with Crippen LogP contribution in [0.5, 0.6) is 5.75 Å². The molecule has 146 valence electrons. The second-order valence-corrected chi connectivity index (χ2v) is 7.55. The van der Waals surface area contributed by atoms with Crippen LogP contribution in [0.1, 0.15) is 47.4 Å². The lowest BCUT2D eigenvalue weighted by Gasteiger charge is -2.26. The number of nitrogens with two attached hydrogens (primary N) is 1. The number of hydrogen-bond donors (Lipinski definition) is 2. The molecule has 3 aromatic rings. The van der Waals surface area contributed by atoms with E-state index >= 15 is 0 Å². The molecule has 0 unspecified atom stereocenters. The van der Waals surface area contributed by atoms with Gasteiger partial charge in [-0.15, -0.1) is 0 Å². The third kappa shape index (κ3) is 4.04. The molecule has 0 spiro atoms. The molecular formula is C23H26N2O3. The zero-order valence-corrected chi connectivity index (χ0v) is 16.1. The monoisotopic (exact) mass is 378 g/mol. The minimum atomic E-state index is -0.0862. The molecule has 1 aliphatic carbocycles. The van der Waals surface area contributed by atoms with Crippen LogP contribution in [0.4, 0.5) is 0 Å². The average molecular weight is 378 g/mol. The molecule has 1 heterocycles. The van der Waals surface area contributed by atoms with Crippen molar-refractivity contribution < 1.29 is 13.9 Å². The second kappa shape index (κ2) is 8.07. The molecule has 1 aliphatic rings. The summed E-state index contributed by atoms with van der Waals surface area (Å²) < 4.78 is 11.7. The summed E-state index contributed by atoms with van der Waals surface area (Å²) in [6.07, 6.45) is 3.75. The second-order valence-electron chi connectivity index (χ2n) is 7.55. The Morgan fingerprint density at radius 2 is 1.89 bits per heavy atom. The van der Waals surface area contributed by atoms with Gasteiger partial charge in [0.25, 0.3) is 5.91 Å². The fourth-order valence-electron chi connectivity index (χ4n) is 3.83. The highest BCUT2D eigenvalue weighted by Gasteiger charge is 2.24. The van der Waals surface area contributed by atoms with Crippen molar-refractivity contribution >= 4 is 16.9 Å². The van der Waals surface area contributed by atoms with Crippen molar-refractivity contribution in [1.82, 2.24) is 5.32 Å². The van der Waals surface area contributed by atoms with Gasteiger partial charge in [0.05, 0.1) is 5.56 Å². The Balaban J connectivity index is 1.52. The van der Waals surface area contributed by atoms with Gasteiger partial charge in [-0.1, -0.05) is 30.3 Å². The maximum atomic E-state index is 12.9. The van der Waals surface area contributed by atoms with E-state index in [1.165, 1.54) is 0 Å². The topological polar surface area (TPSA) is 77.5 Å². The number of rotatable bonds is 5. The molecule has 1 aromatic heterocycles. The van der Waals surface area contributed by atoms with Gasteiger partial charge in [0, 0.05) is 17.5 Å². The van der Waals surface area contributed by atoms with E-state index in [9.17, 15) is 4.79 Å². The Morgan fingerprint density at radius 3 is 2.64 bits per heavy atom. The van der Waals surface area contributed by atoms with Gasteiger partial charge >= 0.3 is 0 Å². The van der Waals surface area contributed by atoms with Crippen LogP contribution in [-0.2, 0) is 6.61 Å². The number of amides is 1. The van der Waals surface area contributed by atoms with Crippen molar-refractivity contribution in [3.05, 3.63) is 65.4 Å². The number of ether oxygens (including phenoxy) is 1. The minimum absolute atomic E-state index is 0.0862. The maximum Gasteiger partial charge on any atom is 0.255 e. The summed E-state index contributed by atoms with van der Waals surface area (Å²) in [5.74, 6) is 1.26. The SMILES string of the molecule is Cc1oc2ccc(OCc3ccccc3)cc2c1C(=O)NC1CCC(N)CC1. The normalized spacial score (nSPS) is 19.5. The molecule has 0 radical (unpaired) electrons. The fraction of sp³-hybridized carbons (Fsp3) is 0.348. The molecule has 2 aromatic carbocycles. The zero-order chi connectivity index (χ0) is 19.5. The molecule has 4 rings (SSSR count). The average Bonchev–Trinajstić information content (AvgIpc) is 3.04. The number of fused-ring (bicyclic) bond motifs is 1. The van der Waals surface area contributed by atoms with Gasteiger partial charge in [-0.3, -0.25) is 4.79 Å². The van der Waals surface area contributed by atoms with Crippen molar-refractivity contribution in [2.24, 2.45) is 5.73 Å². The van der Waals surface area contributed by atoms with E-state index in [0.29, 0.717) is 23.5 Å². The maximum absolute atomic E-state index is 12.9. The summed E-state index contributed by atoms with van der Waals surface area (Å²) in [4.78, 5) is 12.9. The molecule has 3 N–H and O–H groups in total. The Hall–Kier alpha value is -2.79. The first-order valence-electron chi connectivity index (χ1n) is 9.86. The summed E-state index contributed by atoms with van der Waals surface area (Å²) in [7, 11) is 0. The van der Waals surface area contributed by atoms with E-state index in [1.54, 1.807) is 0 Å². The summed E-state index contributed by atoms with van der Waals surface area (Å²) in [6, 6.07) is 16.1. The number of hydrogen-bond acceptors (Lipinski definition) is 4. The molecule has 28 heavy (non-hydrogen) atoms. The van der Waals surface area contributed by atoms with Crippen LogP contribution >= 0.6 is 0 Å². The molecular weight excluding hydrogens is 352 g/mol. The van der Waals surface area contributed by atoms with Crippen molar-refractivity contribution in [3.8, 4) is 5.75 Å². The highest BCUT2D eigenvalue weighted by molar-refractivity contribution is 6.07. The van der Waals surface area contributed by atoms with Crippen molar-refractivity contribution in [2.75, 3.05) is 0 Å². The summed E-state index contributed by atoms with van der Waals surface area (Å²) >= 11 is 0. The third-order valence-electron chi connectivity index (χ3n) is 5.42. The van der Waals surface area contributed by atoms with Gasteiger partial charge in [0.1, 0.15) is 23.7 Å². The Kier molecular flexibility index (Phi) is 5.35. The van der Waals surface area contributed by atoms with Crippen molar-refractivity contribution in [2.45, 2.75) is 51.3 Å². The molecule has 1 saturated carbocycles. The van der Waals surface area contributed by atoms with E-state index in [2.05, 4.69) is 5.32 Å². The minimum Gasteiger partial charge on any atom is -0.489 e. The molecule has 0 bridgehead atoms. The zero-order valence-electron chi connectivity index (χ0n) is 16.1. The molecule has 5 heteroatoms. The smallest absolute Gasteiger partial charge is 0.255 e. The number of benzene rings is 2. The highest BCUT2D eigenvalue weighted by Crippen LogP contribution is 2.30. The number of nitrogens with one attached hydrogen (secondary N) is 1. The van der Waals surface area contributed by atoms with E-state index in [4.69, 9.17) is 14.9 Å². The van der Waals surface area contributed by atoms with E-state index in [0.717, 1.165) is 42.4 Å². The van der Waals surface area contributed by atoms with E-state index < -0.39 is 0 Å². The van der Waals surface area contributed by atoms with E-state index in [1.807, 2.05) is 55.5 Å². The van der Waals surface area contributed by atoms with Gasteiger partial charge in [-0.05, 0) is 56.4 Å². The van der Waals surface area contributed by atoms with Crippen LogP contribution in [0.2, 0.25) is 0 Å². The van der Waals surface area contributed by atoms with Gasteiger partial charge in [-0.25, -0.2) is 0 Å². The molecule has 1 fully saturated rings. The van der Waals surface area contributed by atoms with Gasteiger partial charge in [0.15, 0.2) is 0 Å². The fourth-order valence-corrected chi connectivity index (χ4v) is 3.83. The number of furan rings is 1. The third-order valence-corrected chi connectivity index (χ3v) is 5.42. The van der Waals surface area contributed by atoms with Gasteiger partial charge in [0.2, 0.25) is 0 Å². The van der Waals surface area contributed by atoms with Crippen LogP contribution in [0.3, 0.4) is 0 Å². The summed E-state index contributed by atoms with van der Waals surface area (Å²) in [6.45, 7) is 2.31. The molecule has 5 nitrogen and oxygen atoms in total. The molecule has 1 amide bonds. The van der Waals surface area contributed by atoms with Crippen molar-refractivity contribution in [1.29, 1.82) is 0 Å². The Morgan fingerprint density at radius 1 is 1.14 bits per heavy atom. The Bertz CT molecular complexity index is 957. The summed E-state index contributed by atoms with van der Waals surface area (Å²) in [5.41, 5.74) is 8.35. The first kappa shape index (κ1) is 18.6. The largest absolute Gasteiger partial charge is 0.489 e. The summed E-state index contributed by atoms with van der Waals surface area (Å²) in [5, 5.41) is 3.94. The van der Waals surface area contributed by atoms with E-state index in [-0.39, 0.29) is 18.0 Å². The van der Waals surface area contributed by atoms with Crippen molar-refractivity contribution in [3.63, 3.8) is 0 Å². The lowest BCUT2D eigenvalue weighted by molar-refractivity contribution is 0.0926. The van der Waals surface area contributed by atoms with Gasteiger partial charge in [-0.2, -0.15) is 0 Å². The lowest BCUT2D eigenvalue weighted by Crippen LogP contribution is -2.40. The first-order chi connectivity index (χ1) is 13.6. The molecule has 0 atom stereocenters. The number of carbonyl (C=O) groups is 1. The highest BCUT2D eigenvalue weighted by atomic mass is 16.5. The van der Waals surface area contributed by atoms with Crippen LogP contribution < -0.4 is 15.8 Å². The Labute approximate surface area is 164 Å². The van der Waals surface area contributed by atoms with Gasteiger partial charge < -0.3 is 20.2 Å². The van der Waals surface area contributed by atoms with Crippen LogP contribution in [0.15, 0.2) is 52.9 Å². The number of aryl methyl sites for hydroxylation is 1. The number of carbonyl (C=O) groups excluding carboxylic acids is 1. The lowest BCUT2D eigenvalue weighted by atomic mass is 9.91.